The third-order valence-corrected chi connectivity index (χ3v) is 3.37. The molecule has 1 fully saturated rings. The summed E-state index contributed by atoms with van der Waals surface area (Å²) < 4.78 is 65.4. The van der Waals surface area contributed by atoms with Gasteiger partial charge >= 0.3 is 0 Å². The fourth-order valence-corrected chi connectivity index (χ4v) is 2.26. The van der Waals surface area contributed by atoms with E-state index in [0.29, 0.717) is 0 Å². The normalized spacial score (nSPS) is 23.8. The molecule has 2 rings (SSSR count). The Labute approximate surface area is 112 Å². The molecule has 0 aliphatic carbocycles. The van der Waals surface area contributed by atoms with Gasteiger partial charge in [0.2, 0.25) is 11.9 Å². The molecule has 0 aromatic carbocycles. The van der Waals surface area contributed by atoms with Crippen molar-refractivity contribution in [3.05, 3.63) is 34.8 Å². The van der Waals surface area contributed by atoms with Crippen LogP contribution in [0.3, 0.4) is 0 Å². The second-order valence-corrected chi connectivity index (χ2v) is 4.71. The van der Waals surface area contributed by atoms with Crippen LogP contribution in [0.4, 0.5) is 22.0 Å². The summed E-state index contributed by atoms with van der Waals surface area (Å²) in [5, 5.41) is 14.1. The first kappa shape index (κ1) is 15.0. The lowest BCUT2D eigenvalue weighted by Gasteiger charge is -2.32. The third-order valence-electron chi connectivity index (χ3n) is 3.37. The number of nitrogens with one attached hydrogen (secondary N) is 1. The first-order chi connectivity index (χ1) is 9.33. The Kier molecular flexibility index (Phi) is 4.12. The lowest BCUT2D eigenvalue weighted by molar-refractivity contribution is -0.618. The van der Waals surface area contributed by atoms with Crippen LogP contribution in [0.1, 0.15) is 29.8 Å². The van der Waals surface area contributed by atoms with E-state index in [1.165, 1.54) is 0 Å². The van der Waals surface area contributed by atoms with Crippen LogP contribution < -0.4 is 10.0 Å². The van der Waals surface area contributed by atoms with E-state index in [2.05, 4.69) is 5.32 Å². The van der Waals surface area contributed by atoms with Crippen LogP contribution in [-0.4, -0.2) is 25.4 Å². The Morgan fingerprint density at radius 3 is 2.65 bits per heavy atom. The van der Waals surface area contributed by atoms with Gasteiger partial charge in [0.25, 0.3) is 12.3 Å². The van der Waals surface area contributed by atoms with E-state index in [1.54, 1.807) is 0 Å². The van der Waals surface area contributed by atoms with Gasteiger partial charge in [-0.05, 0) is 5.56 Å². The highest BCUT2D eigenvalue weighted by Gasteiger charge is 2.43. The monoisotopic (exact) mass is 296 g/mol. The van der Waals surface area contributed by atoms with Crippen molar-refractivity contribution in [1.29, 1.82) is 0 Å². The van der Waals surface area contributed by atoms with Gasteiger partial charge in [0.1, 0.15) is 0 Å². The van der Waals surface area contributed by atoms with E-state index < -0.39 is 36.6 Å². The average Bonchev–Trinajstić information content (AvgIpc) is 2.38. The Bertz CT molecular complexity index is 483. The van der Waals surface area contributed by atoms with E-state index in [1.807, 2.05) is 0 Å². The van der Waals surface area contributed by atoms with Crippen molar-refractivity contribution < 1.29 is 26.7 Å². The molecule has 1 aromatic rings. The lowest BCUT2D eigenvalue weighted by Crippen LogP contribution is -2.43. The largest absolute Gasteiger partial charge is 0.618 e. The van der Waals surface area contributed by atoms with Gasteiger partial charge in [-0.3, -0.25) is 0 Å². The average molecular weight is 296 g/mol. The smallest absolute Gasteiger partial charge is 0.279 e. The van der Waals surface area contributed by atoms with Crippen LogP contribution in [0.25, 0.3) is 0 Å². The number of aromatic nitrogens is 1. The maximum atomic E-state index is 13.8. The van der Waals surface area contributed by atoms with Crippen molar-refractivity contribution in [1.82, 2.24) is 5.32 Å². The number of halogens is 5. The van der Waals surface area contributed by atoms with Crippen molar-refractivity contribution >= 4 is 0 Å². The van der Waals surface area contributed by atoms with E-state index in [-0.39, 0.29) is 23.4 Å². The second-order valence-electron chi connectivity index (χ2n) is 4.71. The van der Waals surface area contributed by atoms with Crippen LogP contribution in [0.15, 0.2) is 18.3 Å². The minimum Gasteiger partial charge on any atom is -0.618 e. The topological polar surface area (TPSA) is 39.0 Å². The van der Waals surface area contributed by atoms with Crippen LogP contribution in [-0.2, 0) is 0 Å². The standard InChI is InChI=1S/C12H13F5N2O/c13-10(11(14)15)9-5-7(1-4-19(9)20)8-6-18-3-2-12(8,16)17/h1,4-5,8,10-11,18H,2-3,6H2. The molecule has 1 aromatic heterocycles. The third kappa shape index (κ3) is 2.84. The lowest BCUT2D eigenvalue weighted by atomic mass is 9.88. The summed E-state index contributed by atoms with van der Waals surface area (Å²) in [7, 11) is 0. The first-order valence-electron chi connectivity index (χ1n) is 6.06. The molecule has 2 atom stereocenters. The number of pyridine rings is 1. The maximum absolute atomic E-state index is 13.8. The molecule has 0 spiro atoms. The molecule has 1 aliphatic rings. The highest BCUT2D eigenvalue weighted by atomic mass is 19.3. The highest BCUT2D eigenvalue weighted by molar-refractivity contribution is 5.23. The predicted octanol–water partition coefficient (Wildman–Crippen LogP) is 2.31. The minimum absolute atomic E-state index is 0.0207. The Morgan fingerprint density at radius 2 is 2.05 bits per heavy atom. The number of piperidine rings is 1. The summed E-state index contributed by atoms with van der Waals surface area (Å²) in [6, 6.07) is 1.91. The molecule has 0 amide bonds. The number of hydrogen-bond donors (Lipinski definition) is 1. The Balaban J connectivity index is 2.36. The SMILES string of the molecule is [O-][n+]1ccc(C2CNCCC2(F)F)cc1C(F)C(F)F. The van der Waals surface area contributed by atoms with Gasteiger partial charge in [-0.1, -0.05) is 0 Å². The summed E-state index contributed by atoms with van der Waals surface area (Å²) in [5.41, 5.74) is -0.869. The van der Waals surface area contributed by atoms with Crippen LogP contribution in [0.2, 0.25) is 0 Å². The molecule has 0 bridgehead atoms. The van der Waals surface area contributed by atoms with Crippen LogP contribution in [0, 0.1) is 5.21 Å². The Morgan fingerprint density at radius 1 is 1.35 bits per heavy atom. The highest BCUT2D eigenvalue weighted by Crippen LogP contribution is 2.38. The molecule has 0 saturated carbocycles. The summed E-state index contributed by atoms with van der Waals surface area (Å²) in [5.74, 6) is -4.28. The first-order valence-corrected chi connectivity index (χ1v) is 6.06. The van der Waals surface area contributed by atoms with Crippen molar-refractivity contribution in [2.24, 2.45) is 0 Å². The maximum Gasteiger partial charge on any atom is 0.279 e. The molecule has 0 radical (unpaired) electrons. The van der Waals surface area contributed by atoms with Crippen molar-refractivity contribution in [2.45, 2.75) is 30.9 Å². The zero-order chi connectivity index (χ0) is 14.9. The quantitative estimate of drug-likeness (QED) is 0.528. The molecule has 2 heterocycles. The molecule has 3 nitrogen and oxygen atoms in total. The van der Waals surface area contributed by atoms with E-state index in [4.69, 9.17) is 0 Å². The summed E-state index contributed by atoms with van der Waals surface area (Å²) in [4.78, 5) is 0. The van der Waals surface area contributed by atoms with Gasteiger partial charge in [-0.2, -0.15) is 4.73 Å². The molecule has 8 heteroatoms. The molecular formula is C12H13F5N2O. The fraction of sp³-hybridized carbons (Fsp3) is 0.583. The molecule has 112 valence electrons. The van der Waals surface area contributed by atoms with Crippen LogP contribution in [0.5, 0.6) is 0 Å². The van der Waals surface area contributed by atoms with Gasteiger partial charge in [-0.25, -0.2) is 22.0 Å². The van der Waals surface area contributed by atoms with E-state index >= 15 is 0 Å². The molecular weight excluding hydrogens is 283 g/mol. The molecule has 1 saturated heterocycles. The molecule has 20 heavy (non-hydrogen) atoms. The second kappa shape index (κ2) is 5.51. The van der Waals surface area contributed by atoms with Gasteiger partial charge in [0.05, 0.1) is 5.92 Å². The van der Waals surface area contributed by atoms with Gasteiger partial charge in [-0.15, -0.1) is 0 Å². The van der Waals surface area contributed by atoms with Gasteiger partial charge < -0.3 is 10.5 Å². The predicted molar refractivity (Wildman–Crippen MR) is 60.4 cm³/mol. The number of hydrogen-bond acceptors (Lipinski definition) is 2. The van der Waals surface area contributed by atoms with Crippen molar-refractivity contribution in [3.8, 4) is 0 Å². The minimum atomic E-state index is -3.38. The molecule has 1 N–H and O–H groups in total. The number of rotatable bonds is 3. The van der Waals surface area contributed by atoms with Crippen molar-refractivity contribution in [2.75, 3.05) is 13.1 Å². The molecule has 2 unspecified atom stereocenters. The number of nitrogens with zero attached hydrogens (tertiary/aromatic N) is 1. The summed E-state index contributed by atoms with van der Waals surface area (Å²) in [6.45, 7) is 0.0917. The van der Waals surface area contributed by atoms with Gasteiger partial charge in [0, 0.05) is 31.6 Å². The molecule has 1 aliphatic heterocycles. The van der Waals surface area contributed by atoms with E-state index in [0.717, 1.165) is 18.3 Å². The Hall–Kier alpha value is -1.44. The zero-order valence-electron chi connectivity index (χ0n) is 10.3. The van der Waals surface area contributed by atoms with Crippen molar-refractivity contribution in [3.63, 3.8) is 0 Å². The van der Waals surface area contributed by atoms with E-state index in [9.17, 15) is 27.2 Å². The van der Waals surface area contributed by atoms with Crippen LogP contribution >= 0.6 is 0 Å². The zero-order valence-corrected chi connectivity index (χ0v) is 10.3. The summed E-state index contributed by atoms with van der Waals surface area (Å²) in [6.07, 6.45) is -5.79. The summed E-state index contributed by atoms with van der Waals surface area (Å²) >= 11 is 0. The fourth-order valence-electron chi connectivity index (χ4n) is 2.26. The van der Waals surface area contributed by atoms with Gasteiger partial charge in [0.15, 0.2) is 6.20 Å². The number of alkyl halides is 5.